The van der Waals surface area contributed by atoms with E-state index in [0.29, 0.717) is 22.4 Å². The number of carbonyl (C=O) groups excluding carboxylic acids is 1. The molecule has 4 rings (SSSR count). The Hall–Kier alpha value is -4.13. The normalized spacial score (nSPS) is 11.7. The second-order valence-corrected chi connectivity index (χ2v) is 7.25. The number of hydrogen-bond donors (Lipinski definition) is 1. The minimum absolute atomic E-state index is 0.167. The van der Waals surface area contributed by atoms with E-state index in [1.54, 1.807) is 43.2 Å². The van der Waals surface area contributed by atoms with Crippen molar-refractivity contribution >= 4 is 16.8 Å². The van der Waals surface area contributed by atoms with Gasteiger partial charge in [-0.25, -0.2) is 4.68 Å². The molecule has 3 aromatic carbocycles. The number of methoxy groups -OCH3 is 2. The van der Waals surface area contributed by atoms with E-state index in [-0.39, 0.29) is 11.7 Å². The topological polar surface area (TPSA) is 82.5 Å². The lowest BCUT2D eigenvalue weighted by molar-refractivity contribution is 0.0932. The molecule has 7 nitrogen and oxygen atoms in total. The molecule has 0 spiro atoms. The van der Waals surface area contributed by atoms with Gasteiger partial charge in [-0.3, -0.25) is 9.59 Å². The number of hydrogen-bond acceptors (Lipinski definition) is 5. The van der Waals surface area contributed by atoms with Crippen molar-refractivity contribution in [1.29, 1.82) is 0 Å². The number of para-hydroxylation sites is 2. The van der Waals surface area contributed by atoms with Crippen molar-refractivity contribution in [2.45, 2.75) is 13.0 Å². The van der Waals surface area contributed by atoms with Crippen LogP contribution in [0.25, 0.3) is 16.6 Å². The maximum absolute atomic E-state index is 13.1. The number of rotatable bonds is 6. The monoisotopic (exact) mass is 429 g/mol. The van der Waals surface area contributed by atoms with E-state index in [9.17, 15) is 9.59 Å². The summed E-state index contributed by atoms with van der Waals surface area (Å²) in [4.78, 5) is 26.2. The smallest absolute Gasteiger partial charge is 0.276 e. The summed E-state index contributed by atoms with van der Waals surface area (Å²) in [6, 6.07) is 21.5. The molecule has 1 atom stereocenters. The highest BCUT2D eigenvalue weighted by atomic mass is 16.5. The number of nitrogens with zero attached hydrogens (tertiary/aromatic N) is 2. The first-order valence-electron chi connectivity index (χ1n) is 10.1. The molecular formula is C25H23N3O4. The average molecular weight is 429 g/mol. The van der Waals surface area contributed by atoms with E-state index in [4.69, 9.17) is 9.47 Å². The van der Waals surface area contributed by atoms with E-state index in [1.807, 2.05) is 55.5 Å². The third kappa shape index (κ3) is 3.92. The molecule has 1 heterocycles. The van der Waals surface area contributed by atoms with Crippen LogP contribution in [-0.2, 0) is 0 Å². The Morgan fingerprint density at radius 2 is 1.62 bits per heavy atom. The second-order valence-electron chi connectivity index (χ2n) is 7.25. The molecule has 0 aliphatic carbocycles. The van der Waals surface area contributed by atoms with Crippen LogP contribution in [0, 0.1) is 0 Å². The van der Waals surface area contributed by atoms with Crippen LogP contribution in [0.4, 0.5) is 0 Å². The van der Waals surface area contributed by atoms with Gasteiger partial charge >= 0.3 is 0 Å². The minimum Gasteiger partial charge on any atom is -0.493 e. The lowest BCUT2D eigenvalue weighted by atomic mass is 10.1. The second kappa shape index (κ2) is 8.93. The number of benzene rings is 3. The molecule has 32 heavy (non-hydrogen) atoms. The molecule has 0 saturated carbocycles. The molecule has 7 heteroatoms. The van der Waals surface area contributed by atoms with Crippen molar-refractivity contribution in [3.63, 3.8) is 0 Å². The lowest BCUT2D eigenvalue weighted by Gasteiger charge is -2.17. The average Bonchev–Trinajstić information content (AvgIpc) is 2.84. The molecule has 4 aromatic rings. The number of ether oxygens (including phenoxy) is 2. The Bertz CT molecular complexity index is 1330. The van der Waals surface area contributed by atoms with Crippen molar-refractivity contribution in [1.82, 2.24) is 15.1 Å². The van der Waals surface area contributed by atoms with Crippen LogP contribution >= 0.6 is 0 Å². The van der Waals surface area contributed by atoms with Crippen LogP contribution in [0.15, 0.2) is 77.6 Å². The molecule has 1 N–H and O–H groups in total. The van der Waals surface area contributed by atoms with Crippen molar-refractivity contribution in [3.05, 3.63) is 94.3 Å². The summed E-state index contributed by atoms with van der Waals surface area (Å²) in [5.74, 6) is 0.603. The Balaban J connectivity index is 1.73. The van der Waals surface area contributed by atoms with E-state index >= 15 is 0 Å². The summed E-state index contributed by atoms with van der Waals surface area (Å²) < 4.78 is 12.2. The fourth-order valence-electron chi connectivity index (χ4n) is 3.56. The van der Waals surface area contributed by atoms with Gasteiger partial charge in [0.1, 0.15) is 0 Å². The predicted molar refractivity (Wildman–Crippen MR) is 123 cm³/mol. The van der Waals surface area contributed by atoms with Gasteiger partial charge in [-0.05, 0) is 48.9 Å². The molecule has 0 bridgehead atoms. The fraction of sp³-hybridized carbons (Fsp3) is 0.160. The van der Waals surface area contributed by atoms with Gasteiger partial charge in [0.2, 0.25) is 5.43 Å². The van der Waals surface area contributed by atoms with Gasteiger partial charge in [-0.2, -0.15) is 5.10 Å². The highest BCUT2D eigenvalue weighted by molar-refractivity contribution is 5.95. The molecule has 162 valence electrons. The fourth-order valence-corrected chi connectivity index (χ4v) is 3.56. The van der Waals surface area contributed by atoms with Crippen LogP contribution in [0.2, 0.25) is 0 Å². The Morgan fingerprint density at radius 3 is 2.34 bits per heavy atom. The van der Waals surface area contributed by atoms with Crippen molar-refractivity contribution in [2.75, 3.05) is 14.2 Å². The van der Waals surface area contributed by atoms with E-state index in [2.05, 4.69) is 10.4 Å². The summed E-state index contributed by atoms with van der Waals surface area (Å²) in [7, 11) is 3.11. The van der Waals surface area contributed by atoms with Crippen LogP contribution in [0.1, 0.15) is 29.0 Å². The van der Waals surface area contributed by atoms with Gasteiger partial charge in [0, 0.05) is 0 Å². The summed E-state index contributed by atoms with van der Waals surface area (Å²) in [5, 5.41) is 7.73. The molecule has 1 aromatic heterocycles. The third-order valence-corrected chi connectivity index (χ3v) is 5.26. The zero-order valence-electron chi connectivity index (χ0n) is 18.0. The number of carbonyl (C=O) groups is 1. The molecule has 1 amide bonds. The first-order chi connectivity index (χ1) is 15.5. The molecule has 0 aliphatic rings. The quantitative estimate of drug-likeness (QED) is 0.503. The summed E-state index contributed by atoms with van der Waals surface area (Å²) in [5.41, 5.74) is 1.61. The molecule has 0 unspecified atom stereocenters. The summed E-state index contributed by atoms with van der Waals surface area (Å²) in [6.07, 6.45) is 0. The number of amides is 1. The molecule has 0 saturated heterocycles. The SMILES string of the molecule is COc1ccc([C@@H](C)NC(=O)c2nn(-c3ccccc3)c3ccccc3c2=O)cc1OC. The molecule has 0 radical (unpaired) electrons. The maximum Gasteiger partial charge on any atom is 0.276 e. The summed E-state index contributed by atoms with van der Waals surface area (Å²) in [6.45, 7) is 1.83. The minimum atomic E-state index is -0.548. The Morgan fingerprint density at radius 1 is 0.938 bits per heavy atom. The highest BCUT2D eigenvalue weighted by Crippen LogP contribution is 2.30. The standard InChI is InChI=1S/C25H23N3O4/c1-16(17-13-14-21(31-2)22(15-17)32-3)26-25(30)23-24(29)19-11-7-8-12-20(19)28(27-23)18-9-5-4-6-10-18/h4-16H,1-3H3,(H,26,30)/t16-/m1/s1. The van der Waals surface area contributed by atoms with Gasteiger partial charge in [0.05, 0.1) is 36.9 Å². The van der Waals surface area contributed by atoms with Gasteiger partial charge in [0.25, 0.3) is 5.91 Å². The van der Waals surface area contributed by atoms with Crippen molar-refractivity contribution in [3.8, 4) is 17.2 Å². The van der Waals surface area contributed by atoms with Crippen LogP contribution in [0.3, 0.4) is 0 Å². The first-order valence-corrected chi connectivity index (χ1v) is 10.1. The lowest BCUT2D eigenvalue weighted by Crippen LogP contribution is -2.33. The largest absolute Gasteiger partial charge is 0.493 e. The van der Waals surface area contributed by atoms with Gasteiger partial charge in [-0.15, -0.1) is 0 Å². The van der Waals surface area contributed by atoms with Crippen molar-refractivity contribution < 1.29 is 14.3 Å². The number of aromatic nitrogens is 2. The first kappa shape index (κ1) is 21.1. The molecular weight excluding hydrogens is 406 g/mol. The zero-order chi connectivity index (χ0) is 22.7. The number of fused-ring (bicyclic) bond motifs is 1. The van der Waals surface area contributed by atoms with Gasteiger partial charge in [0.15, 0.2) is 17.2 Å². The predicted octanol–water partition coefficient (Wildman–Crippen LogP) is 3.89. The van der Waals surface area contributed by atoms with Crippen LogP contribution in [0.5, 0.6) is 11.5 Å². The zero-order valence-corrected chi connectivity index (χ0v) is 18.0. The van der Waals surface area contributed by atoms with Crippen molar-refractivity contribution in [2.24, 2.45) is 0 Å². The molecule has 0 fully saturated rings. The van der Waals surface area contributed by atoms with E-state index in [0.717, 1.165) is 11.3 Å². The summed E-state index contributed by atoms with van der Waals surface area (Å²) >= 11 is 0. The third-order valence-electron chi connectivity index (χ3n) is 5.26. The number of nitrogens with one attached hydrogen (secondary N) is 1. The van der Waals surface area contributed by atoms with E-state index < -0.39 is 11.3 Å². The maximum atomic E-state index is 13.1. The highest BCUT2D eigenvalue weighted by Gasteiger charge is 2.20. The van der Waals surface area contributed by atoms with Crippen LogP contribution < -0.4 is 20.2 Å². The Kier molecular flexibility index (Phi) is 5.89. The van der Waals surface area contributed by atoms with Gasteiger partial charge < -0.3 is 14.8 Å². The molecule has 0 aliphatic heterocycles. The van der Waals surface area contributed by atoms with E-state index in [1.165, 1.54) is 0 Å². The van der Waals surface area contributed by atoms with Crippen LogP contribution in [-0.4, -0.2) is 29.9 Å². The Labute approximate surface area is 185 Å². The van der Waals surface area contributed by atoms with Gasteiger partial charge in [-0.1, -0.05) is 36.4 Å².